The number of fused-ring (bicyclic) bond motifs is 1. The van der Waals surface area contributed by atoms with Crippen LogP contribution in [0.2, 0.25) is 0 Å². The van der Waals surface area contributed by atoms with Gasteiger partial charge >= 0.3 is 29.6 Å². The van der Waals surface area contributed by atoms with E-state index in [0.29, 0.717) is 22.5 Å². The maximum atomic E-state index is 10.6. The summed E-state index contributed by atoms with van der Waals surface area (Å²) < 4.78 is 0. The van der Waals surface area contributed by atoms with E-state index in [0.717, 1.165) is 0 Å². The molecule has 0 aliphatic rings. The van der Waals surface area contributed by atoms with E-state index in [2.05, 4.69) is 24.9 Å². The molecule has 0 saturated heterocycles. The number of hydrogen-bond donors (Lipinski definition) is 2. The van der Waals surface area contributed by atoms with E-state index in [1.807, 2.05) is 0 Å². The zero-order valence-corrected chi connectivity index (χ0v) is 10.2. The minimum absolute atomic E-state index is 0. The van der Waals surface area contributed by atoms with Crippen molar-refractivity contribution in [2.75, 3.05) is 5.73 Å². The van der Waals surface area contributed by atoms with Gasteiger partial charge in [0.05, 0.1) is 6.33 Å². The van der Waals surface area contributed by atoms with Crippen molar-refractivity contribution in [3.8, 4) is 0 Å². The third-order valence-electron chi connectivity index (χ3n) is 2.31. The van der Waals surface area contributed by atoms with Crippen molar-refractivity contribution in [2.24, 2.45) is 0 Å². The molecule has 3 aromatic heterocycles. The average molecular weight is 280 g/mol. The van der Waals surface area contributed by atoms with E-state index in [9.17, 15) is 4.79 Å². The number of H-pyrrole nitrogens is 1. The summed E-state index contributed by atoms with van der Waals surface area (Å²) in [6.07, 6.45) is 6.14. The number of pyridine rings is 1. The maximum absolute atomic E-state index is 10.6. The summed E-state index contributed by atoms with van der Waals surface area (Å²) in [5.74, 6) is 0.467. The first-order valence-electron chi connectivity index (χ1n) is 5.49. The van der Waals surface area contributed by atoms with Gasteiger partial charge in [-0.3, -0.25) is 9.78 Å². The van der Waals surface area contributed by atoms with E-state index in [-0.39, 0.29) is 35.3 Å². The molecule has 0 spiro atoms. The van der Waals surface area contributed by atoms with Gasteiger partial charge in [0, 0.05) is 18.0 Å². The Bertz CT molecular complexity index is 684. The first-order valence-corrected chi connectivity index (χ1v) is 5.49. The molecule has 20 heavy (non-hydrogen) atoms. The Kier molecular flexibility index (Phi) is 6.23. The van der Waals surface area contributed by atoms with Crippen LogP contribution in [-0.4, -0.2) is 60.3 Å². The van der Waals surface area contributed by atoms with E-state index in [1.165, 1.54) is 19.6 Å². The summed E-state index contributed by atoms with van der Waals surface area (Å²) >= 11 is 0. The molecule has 3 N–H and O–H groups in total. The number of nitrogens with zero attached hydrogens (tertiary/aromatic N) is 4. The number of carbonyl (C=O) groups is 1. The van der Waals surface area contributed by atoms with Crippen molar-refractivity contribution < 1.29 is 4.79 Å². The molecule has 0 radical (unpaired) electrons. The number of ketones is 1. The second-order valence-electron chi connectivity index (χ2n) is 3.66. The van der Waals surface area contributed by atoms with Crippen molar-refractivity contribution >= 4 is 52.3 Å². The van der Waals surface area contributed by atoms with Gasteiger partial charge in [0.25, 0.3) is 0 Å². The van der Waals surface area contributed by atoms with Crippen molar-refractivity contribution in [3.05, 3.63) is 42.7 Å². The number of carbonyl (C=O) groups excluding carboxylic acids is 1. The molecule has 0 aromatic carbocycles. The SMILES string of the molecule is CC(=O)c1cccnc1.Nc1ncnc2[nH]cnc12.[NaH]. The average Bonchev–Trinajstić information content (AvgIpc) is 2.90. The second-order valence-corrected chi connectivity index (χ2v) is 3.66. The van der Waals surface area contributed by atoms with E-state index >= 15 is 0 Å². The summed E-state index contributed by atoms with van der Waals surface area (Å²) in [6, 6.07) is 3.49. The molecule has 3 aromatic rings. The van der Waals surface area contributed by atoms with Crippen LogP contribution in [0.15, 0.2) is 37.2 Å². The first-order chi connectivity index (χ1) is 9.18. The Hall–Kier alpha value is -1.83. The second kappa shape index (κ2) is 7.68. The van der Waals surface area contributed by atoms with Crippen LogP contribution in [-0.2, 0) is 0 Å². The van der Waals surface area contributed by atoms with Crippen molar-refractivity contribution in [2.45, 2.75) is 6.92 Å². The molecule has 0 amide bonds. The third-order valence-corrected chi connectivity index (χ3v) is 2.31. The molecular formula is C12H13N6NaO. The van der Waals surface area contributed by atoms with Crippen molar-refractivity contribution in [3.63, 3.8) is 0 Å². The molecule has 3 heterocycles. The molecule has 0 aliphatic heterocycles. The predicted octanol–water partition coefficient (Wildman–Crippen LogP) is 0.571. The number of nitrogen functional groups attached to an aromatic ring is 1. The molecule has 0 aliphatic carbocycles. The van der Waals surface area contributed by atoms with Gasteiger partial charge in [0.1, 0.15) is 11.8 Å². The zero-order chi connectivity index (χ0) is 13.7. The Morgan fingerprint density at radius 3 is 2.65 bits per heavy atom. The van der Waals surface area contributed by atoms with E-state index in [1.54, 1.807) is 24.5 Å². The molecule has 0 bridgehead atoms. The van der Waals surface area contributed by atoms with Crippen molar-refractivity contribution in [1.29, 1.82) is 0 Å². The number of aromatic amines is 1. The number of imidazole rings is 1. The Balaban J connectivity index is 0.000000192. The fourth-order valence-corrected chi connectivity index (χ4v) is 1.35. The number of anilines is 1. The summed E-state index contributed by atoms with van der Waals surface area (Å²) in [6.45, 7) is 1.52. The van der Waals surface area contributed by atoms with Gasteiger partial charge in [0.2, 0.25) is 0 Å². The quantitative estimate of drug-likeness (QED) is 0.498. The summed E-state index contributed by atoms with van der Waals surface area (Å²) in [7, 11) is 0. The Morgan fingerprint density at radius 1 is 1.30 bits per heavy atom. The van der Waals surface area contributed by atoms with Crippen molar-refractivity contribution in [1.82, 2.24) is 24.9 Å². The van der Waals surface area contributed by atoms with Crippen LogP contribution >= 0.6 is 0 Å². The summed E-state index contributed by atoms with van der Waals surface area (Å²) in [5, 5.41) is 0. The summed E-state index contributed by atoms with van der Waals surface area (Å²) in [4.78, 5) is 28.8. The van der Waals surface area contributed by atoms with Crippen LogP contribution in [0.4, 0.5) is 5.82 Å². The van der Waals surface area contributed by atoms with Crippen LogP contribution in [0, 0.1) is 0 Å². The van der Waals surface area contributed by atoms with Gasteiger partial charge in [-0.25, -0.2) is 15.0 Å². The van der Waals surface area contributed by atoms with Gasteiger partial charge in [-0.05, 0) is 19.1 Å². The van der Waals surface area contributed by atoms with Gasteiger partial charge in [-0.15, -0.1) is 0 Å². The summed E-state index contributed by atoms with van der Waals surface area (Å²) in [5.41, 5.74) is 7.43. The predicted molar refractivity (Wildman–Crippen MR) is 77.5 cm³/mol. The van der Waals surface area contributed by atoms with Crippen LogP contribution in [0.1, 0.15) is 17.3 Å². The number of hydrogen-bond acceptors (Lipinski definition) is 6. The molecule has 0 atom stereocenters. The molecular weight excluding hydrogens is 267 g/mol. The third kappa shape index (κ3) is 4.09. The minimum atomic E-state index is 0. The molecule has 7 nitrogen and oxygen atoms in total. The van der Waals surface area contributed by atoms with Crippen LogP contribution in [0.3, 0.4) is 0 Å². The molecule has 0 unspecified atom stereocenters. The van der Waals surface area contributed by atoms with Gasteiger partial charge in [0.15, 0.2) is 17.2 Å². The first kappa shape index (κ1) is 16.2. The molecule has 0 fully saturated rings. The standard InChI is InChI=1S/C7H7NO.C5H5N5.Na.H/c1-6(9)7-3-2-4-8-5-7;6-4-3-5(9-1-7-3)10-2-8-4;;/h2-5H,1H3;1-2H,(H3,6,7,8,9,10);;. The Morgan fingerprint density at radius 2 is 2.10 bits per heavy atom. The number of nitrogens with two attached hydrogens (primary N) is 1. The molecule has 0 saturated carbocycles. The van der Waals surface area contributed by atoms with Gasteiger partial charge in [-0.1, -0.05) is 0 Å². The van der Waals surface area contributed by atoms with Crippen LogP contribution in [0.25, 0.3) is 11.2 Å². The molecule has 3 rings (SSSR count). The number of nitrogens with one attached hydrogen (secondary N) is 1. The normalized spacial score (nSPS) is 9.25. The van der Waals surface area contributed by atoms with Crippen LogP contribution < -0.4 is 5.73 Å². The monoisotopic (exact) mass is 280 g/mol. The van der Waals surface area contributed by atoms with Gasteiger partial charge < -0.3 is 10.7 Å². The number of rotatable bonds is 1. The Labute approximate surface area is 137 Å². The fourth-order valence-electron chi connectivity index (χ4n) is 1.35. The topological polar surface area (TPSA) is 110 Å². The number of aromatic nitrogens is 5. The van der Waals surface area contributed by atoms with E-state index in [4.69, 9.17) is 5.73 Å². The molecule has 8 heteroatoms. The molecule has 98 valence electrons. The number of Topliss-reactive ketones (excluding diaryl/α,β-unsaturated/α-hetero) is 1. The van der Waals surface area contributed by atoms with Crippen LogP contribution in [0.5, 0.6) is 0 Å². The van der Waals surface area contributed by atoms with E-state index < -0.39 is 0 Å². The van der Waals surface area contributed by atoms with Gasteiger partial charge in [-0.2, -0.15) is 0 Å². The zero-order valence-electron chi connectivity index (χ0n) is 10.2. The fraction of sp³-hybridized carbons (Fsp3) is 0.0833.